The molecule has 2 amide bonds. The van der Waals surface area contributed by atoms with Crippen LogP contribution in [0.1, 0.15) is 20.8 Å². The Morgan fingerprint density at radius 2 is 1.96 bits per heavy atom. The summed E-state index contributed by atoms with van der Waals surface area (Å²) in [7, 11) is 3.34. The van der Waals surface area contributed by atoms with Gasteiger partial charge in [-0.1, -0.05) is 6.08 Å². The number of carbonyl (C=O) groups is 2. The first-order valence-corrected chi connectivity index (χ1v) is 9.26. The summed E-state index contributed by atoms with van der Waals surface area (Å²) in [5, 5.41) is 0. The van der Waals surface area contributed by atoms with Crippen LogP contribution in [0.5, 0.6) is 5.75 Å². The highest BCUT2D eigenvalue weighted by molar-refractivity contribution is 14.1. The molecule has 8 heteroatoms. The third kappa shape index (κ3) is 9.02. The average molecular weight is 475 g/mol. The summed E-state index contributed by atoms with van der Waals surface area (Å²) in [4.78, 5) is 31.1. The SMILES string of the molecule is CN(C)C(=O)/C=C/CN(CCOc1ccc(I)nc1)C(=O)OC(C)(C)C. The number of rotatable bonds is 7. The summed E-state index contributed by atoms with van der Waals surface area (Å²) in [6, 6.07) is 3.67. The summed E-state index contributed by atoms with van der Waals surface area (Å²) in [5.74, 6) is 0.489. The van der Waals surface area contributed by atoms with Crippen LogP contribution in [-0.2, 0) is 9.53 Å². The van der Waals surface area contributed by atoms with E-state index in [-0.39, 0.29) is 19.1 Å². The minimum absolute atomic E-state index is 0.143. The van der Waals surface area contributed by atoms with E-state index in [9.17, 15) is 9.59 Å². The predicted molar refractivity (Wildman–Crippen MR) is 108 cm³/mol. The largest absolute Gasteiger partial charge is 0.490 e. The molecule has 0 aliphatic rings. The van der Waals surface area contributed by atoms with Crippen molar-refractivity contribution in [3.05, 3.63) is 34.2 Å². The number of halogens is 1. The quantitative estimate of drug-likeness (QED) is 0.345. The number of hydrogen-bond acceptors (Lipinski definition) is 5. The van der Waals surface area contributed by atoms with Crippen LogP contribution in [0, 0.1) is 3.70 Å². The van der Waals surface area contributed by atoms with Gasteiger partial charge in [0.15, 0.2) is 0 Å². The first kappa shape index (κ1) is 22.2. The van der Waals surface area contributed by atoms with Crippen LogP contribution in [0.2, 0.25) is 0 Å². The highest BCUT2D eigenvalue weighted by Crippen LogP contribution is 2.12. The Balaban J connectivity index is 2.65. The van der Waals surface area contributed by atoms with Gasteiger partial charge in [-0.15, -0.1) is 0 Å². The van der Waals surface area contributed by atoms with E-state index in [0.29, 0.717) is 12.3 Å². The molecule has 144 valence electrons. The highest BCUT2D eigenvalue weighted by Gasteiger charge is 2.21. The summed E-state index contributed by atoms with van der Waals surface area (Å²) in [6.45, 7) is 6.29. The first-order valence-electron chi connectivity index (χ1n) is 8.18. The van der Waals surface area contributed by atoms with Gasteiger partial charge in [0.1, 0.15) is 21.7 Å². The Bertz CT molecular complexity index is 624. The molecule has 0 fully saturated rings. The van der Waals surface area contributed by atoms with Gasteiger partial charge in [0.2, 0.25) is 5.91 Å². The van der Waals surface area contributed by atoms with E-state index in [2.05, 4.69) is 27.6 Å². The van der Waals surface area contributed by atoms with Crippen molar-refractivity contribution < 1.29 is 19.1 Å². The zero-order valence-electron chi connectivity index (χ0n) is 15.9. The molecule has 0 N–H and O–H groups in total. The minimum atomic E-state index is -0.598. The number of likely N-dealkylation sites (N-methyl/N-ethyl adjacent to an activating group) is 1. The lowest BCUT2D eigenvalue weighted by Crippen LogP contribution is -2.39. The summed E-state index contributed by atoms with van der Waals surface area (Å²) in [5.41, 5.74) is -0.598. The van der Waals surface area contributed by atoms with Gasteiger partial charge in [-0.05, 0) is 55.5 Å². The molecule has 0 radical (unpaired) electrons. The molecule has 0 saturated heterocycles. The third-order valence-electron chi connectivity index (χ3n) is 3.01. The van der Waals surface area contributed by atoms with E-state index in [0.717, 1.165) is 3.70 Å². The van der Waals surface area contributed by atoms with Gasteiger partial charge in [-0.2, -0.15) is 0 Å². The normalized spacial score (nSPS) is 11.3. The molecule has 26 heavy (non-hydrogen) atoms. The molecule has 0 spiro atoms. The average Bonchev–Trinajstić information content (AvgIpc) is 2.53. The van der Waals surface area contributed by atoms with Crippen LogP contribution in [0.3, 0.4) is 0 Å². The van der Waals surface area contributed by atoms with Crippen molar-refractivity contribution in [1.29, 1.82) is 0 Å². The van der Waals surface area contributed by atoms with Crippen LogP contribution in [0.15, 0.2) is 30.5 Å². The van der Waals surface area contributed by atoms with Gasteiger partial charge >= 0.3 is 6.09 Å². The number of hydrogen-bond donors (Lipinski definition) is 0. The molecule has 1 aromatic rings. The predicted octanol–water partition coefficient (Wildman–Crippen LogP) is 2.95. The highest BCUT2D eigenvalue weighted by atomic mass is 127. The molecule has 0 unspecified atom stereocenters. The van der Waals surface area contributed by atoms with Gasteiger partial charge in [0, 0.05) is 26.7 Å². The van der Waals surface area contributed by atoms with Crippen molar-refractivity contribution in [2.75, 3.05) is 33.8 Å². The van der Waals surface area contributed by atoms with Crippen molar-refractivity contribution >= 4 is 34.6 Å². The molecular weight excluding hydrogens is 449 g/mol. The van der Waals surface area contributed by atoms with Crippen LogP contribution < -0.4 is 4.74 Å². The van der Waals surface area contributed by atoms with Crippen LogP contribution in [-0.4, -0.2) is 66.2 Å². The number of amides is 2. The number of nitrogens with zero attached hydrogens (tertiary/aromatic N) is 3. The van der Waals surface area contributed by atoms with Crippen molar-refractivity contribution in [1.82, 2.24) is 14.8 Å². The molecule has 7 nitrogen and oxygen atoms in total. The Morgan fingerprint density at radius 1 is 1.27 bits per heavy atom. The molecule has 0 saturated carbocycles. The third-order valence-corrected chi connectivity index (χ3v) is 3.65. The first-order chi connectivity index (χ1) is 12.1. The van der Waals surface area contributed by atoms with Gasteiger partial charge in [0.05, 0.1) is 12.7 Å². The molecule has 0 aromatic carbocycles. The molecular formula is C18H26IN3O4. The van der Waals surface area contributed by atoms with E-state index in [1.54, 1.807) is 26.4 Å². The van der Waals surface area contributed by atoms with Crippen LogP contribution in [0.4, 0.5) is 4.79 Å². The maximum Gasteiger partial charge on any atom is 0.410 e. The maximum absolute atomic E-state index is 12.4. The number of aromatic nitrogens is 1. The molecule has 1 heterocycles. The zero-order chi connectivity index (χ0) is 19.7. The van der Waals surface area contributed by atoms with Gasteiger partial charge in [0.25, 0.3) is 0 Å². The summed E-state index contributed by atoms with van der Waals surface area (Å²) < 4.78 is 11.9. The fourth-order valence-electron chi connectivity index (χ4n) is 1.73. The fraction of sp³-hybridized carbons (Fsp3) is 0.500. The van der Waals surface area contributed by atoms with E-state index < -0.39 is 11.7 Å². The second-order valence-corrected chi connectivity index (χ2v) is 7.83. The molecule has 1 aromatic heterocycles. The van der Waals surface area contributed by atoms with Crippen molar-refractivity contribution in [2.24, 2.45) is 0 Å². The Morgan fingerprint density at radius 3 is 2.50 bits per heavy atom. The summed E-state index contributed by atoms with van der Waals surface area (Å²) in [6.07, 6.45) is 4.25. The van der Waals surface area contributed by atoms with Crippen LogP contribution in [0.25, 0.3) is 0 Å². The van der Waals surface area contributed by atoms with E-state index in [1.807, 2.05) is 32.9 Å². The summed E-state index contributed by atoms with van der Waals surface area (Å²) >= 11 is 2.12. The molecule has 0 atom stereocenters. The maximum atomic E-state index is 12.4. The number of carbonyl (C=O) groups excluding carboxylic acids is 2. The smallest absolute Gasteiger partial charge is 0.410 e. The number of ether oxygens (including phenoxy) is 2. The van der Waals surface area contributed by atoms with Crippen molar-refractivity contribution in [2.45, 2.75) is 26.4 Å². The topological polar surface area (TPSA) is 72.0 Å². The lowest BCUT2D eigenvalue weighted by atomic mass is 10.2. The molecule has 0 aliphatic carbocycles. The second kappa shape index (κ2) is 10.3. The Labute approximate surface area is 168 Å². The van der Waals surface area contributed by atoms with E-state index in [1.165, 1.54) is 15.9 Å². The van der Waals surface area contributed by atoms with Gasteiger partial charge in [-0.3, -0.25) is 4.79 Å². The van der Waals surface area contributed by atoms with Gasteiger partial charge < -0.3 is 19.3 Å². The number of pyridine rings is 1. The molecule has 1 rings (SSSR count). The van der Waals surface area contributed by atoms with Crippen LogP contribution >= 0.6 is 22.6 Å². The fourth-order valence-corrected chi connectivity index (χ4v) is 2.05. The molecule has 0 aliphatic heterocycles. The monoisotopic (exact) mass is 475 g/mol. The van der Waals surface area contributed by atoms with Crippen molar-refractivity contribution in [3.63, 3.8) is 0 Å². The molecule has 0 bridgehead atoms. The van der Waals surface area contributed by atoms with Gasteiger partial charge in [-0.25, -0.2) is 9.78 Å². The Kier molecular flexibility index (Phi) is 8.83. The van der Waals surface area contributed by atoms with E-state index in [4.69, 9.17) is 9.47 Å². The Hall–Kier alpha value is -1.84. The lowest BCUT2D eigenvalue weighted by molar-refractivity contribution is -0.123. The van der Waals surface area contributed by atoms with E-state index >= 15 is 0 Å². The zero-order valence-corrected chi connectivity index (χ0v) is 18.0. The second-order valence-electron chi connectivity index (χ2n) is 6.73. The minimum Gasteiger partial charge on any atom is -0.490 e. The lowest BCUT2D eigenvalue weighted by Gasteiger charge is -2.26. The standard InChI is InChI=1S/C18H26IN3O4/c1-18(2,3)26-17(24)22(10-6-7-16(23)21(4)5)11-12-25-14-8-9-15(19)20-13-14/h6-9,13H,10-12H2,1-5H3/b7-6+. The van der Waals surface area contributed by atoms with Crippen molar-refractivity contribution in [3.8, 4) is 5.75 Å².